The van der Waals surface area contributed by atoms with E-state index in [1.165, 1.54) is 12.7 Å². The average Bonchev–Trinajstić information content (AvgIpc) is 2.67. The van der Waals surface area contributed by atoms with Crippen LogP contribution >= 0.6 is 0 Å². The average molecular weight is 317 g/mol. The highest BCUT2D eigenvalue weighted by Crippen LogP contribution is 2.23. The molecule has 0 aliphatic rings. The zero-order valence-electron chi connectivity index (χ0n) is 13.5. The maximum atomic E-state index is 11.5. The Balaban J connectivity index is 1.74. The lowest BCUT2D eigenvalue weighted by Crippen LogP contribution is -2.00. The fourth-order valence-electron chi connectivity index (χ4n) is 2.53. The van der Waals surface area contributed by atoms with Gasteiger partial charge in [-0.1, -0.05) is 54.6 Å². The van der Waals surface area contributed by atoms with Gasteiger partial charge < -0.3 is 10.1 Å². The second kappa shape index (κ2) is 7.47. The first kappa shape index (κ1) is 15.8. The van der Waals surface area contributed by atoms with Gasteiger partial charge in [0.2, 0.25) is 0 Å². The van der Waals surface area contributed by atoms with E-state index in [-0.39, 0.29) is 5.97 Å². The maximum absolute atomic E-state index is 11.5. The van der Waals surface area contributed by atoms with Crippen LogP contribution in [-0.4, -0.2) is 13.1 Å². The molecule has 3 heteroatoms. The predicted molar refractivity (Wildman–Crippen MR) is 97.0 cm³/mol. The highest BCUT2D eigenvalue weighted by molar-refractivity contribution is 5.90. The molecule has 24 heavy (non-hydrogen) atoms. The molecule has 3 aromatic carbocycles. The van der Waals surface area contributed by atoms with Gasteiger partial charge in [0.05, 0.1) is 12.7 Å². The minimum absolute atomic E-state index is 0.320. The van der Waals surface area contributed by atoms with Crippen molar-refractivity contribution in [3.8, 4) is 11.1 Å². The predicted octanol–water partition coefficient (Wildman–Crippen LogP) is 4.75. The number of nitrogens with one attached hydrogen (secondary N) is 1. The number of carbonyl (C=O) groups excluding carboxylic acids is 1. The van der Waals surface area contributed by atoms with Gasteiger partial charge in [0, 0.05) is 12.2 Å². The minimum atomic E-state index is -0.320. The summed E-state index contributed by atoms with van der Waals surface area (Å²) in [4.78, 5) is 11.5. The molecular formula is C21H19NO2. The van der Waals surface area contributed by atoms with Crippen LogP contribution in [0.2, 0.25) is 0 Å². The summed E-state index contributed by atoms with van der Waals surface area (Å²) in [6, 6.07) is 26.0. The van der Waals surface area contributed by atoms with Crippen LogP contribution < -0.4 is 5.32 Å². The number of benzene rings is 3. The van der Waals surface area contributed by atoms with E-state index in [1.54, 1.807) is 12.1 Å². The maximum Gasteiger partial charge on any atom is 0.337 e. The van der Waals surface area contributed by atoms with Crippen molar-refractivity contribution in [2.24, 2.45) is 0 Å². The molecule has 120 valence electrons. The van der Waals surface area contributed by atoms with Gasteiger partial charge in [0.15, 0.2) is 0 Å². The van der Waals surface area contributed by atoms with Crippen molar-refractivity contribution in [1.82, 2.24) is 0 Å². The van der Waals surface area contributed by atoms with Crippen LogP contribution in [0.25, 0.3) is 11.1 Å². The molecule has 0 saturated heterocycles. The van der Waals surface area contributed by atoms with Crippen molar-refractivity contribution in [3.63, 3.8) is 0 Å². The van der Waals surface area contributed by atoms with Crippen LogP contribution in [0.15, 0.2) is 78.9 Å². The molecule has 0 aliphatic carbocycles. The summed E-state index contributed by atoms with van der Waals surface area (Å²) in [5.74, 6) is -0.320. The minimum Gasteiger partial charge on any atom is -0.465 e. The van der Waals surface area contributed by atoms with E-state index in [1.807, 2.05) is 36.4 Å². The lowest BCUT2D eigenvalue weighted by atomic mass is 10.0. The van der Waals surface area contributed by atoms with Crippen LogP contribution in [-0.2, 0) is 11.3 Å². The normalized spacial score (nSPS) is 10.2. The molecule has 0 radical (unpaired) electrons. The Labute approximate surface area is 141 Å². The number of carbonyl (C=O) groups is 1. The van der Waals surface area contributed by atoms with E-state index in [4.69, 9.17) is 4.74 Å². The highest BCUT2D eigenvalue weighted by atomic mass is 16.5. The van der Waals surface area contributed by atoms with Crippen molar-refractivity contribution in [2.45, 2.75) is 6.54 Å². The van der Waals surface area contributed by atoms with Crippen LogP contribution in [0.5, 0.6) is 0 Å². The fraction of sp³-hybridized carbons (Fsp3) is 0.0952. The number of rotatable bonds is 5. The molecule has 0 spiro atoms. The number of hydrogen-bond donors (Lipinski definition) is 1. The van der Waals surface area contributed by atoms with Gasteiger partial charge in [-0.2, -0.15) is 0 Å². The zero-order valence-corrected chi connectivity index (χ0v) is 13.5. The van der Waals surface area contributed by atoms with E-state index in [0.29, 0.717) is 5.56 Å². The summed E-state index contributed by atoms with van der Waals surface area (Å²) in [6.45, 7) is 0.783. The molecule has 3 aromatic rings. The molecule has 0 saturated carbocycles. The van der Waals surface area contributed by atoms with Crippen LogP contribution in [0.1, 0.15) is 15.9 Å². The topological polar surface area (TPSA) is 38.3 Å². The Kier molecular flexibility index (Phi) is 4.92. The highest BCUT2D eigenvalue weighted by Gasteiger charge is 2.05. The third-order valence-electron chi connectivity index (χ3n) is 3.84. The van der Waals surface area contributed by atoms with E-state index >= 15 is 0 Å². The van der Waals surface area contributed by atoms with Crippen LogP contribution in [0, 0.1) is 0 Å². The number of anilines is 1. The first-order chi connectivity index (χ1) is 11.8. The summed E-state index contributed by atoms with van der Waals surface area (Å²) in [5, 5.41) is 3.44. The van der Waals surface area contributed by atoms with Crippen molar-refractivity contribution in [2.75, 3.05) is 12.4 Å². The Morgan fingerprint density at radius 2 is 1.62 bits per heavy atom. The van der Waals surface area contributed by atoms with Crippen molar-refractivity contribution in [1.29, 1.82) is 0 Å². The summed E-state index contributed by atoms with van der Waals surface area (Å²) in [7, 11) is 1.39. The molecule has 0 unspecified atom stereocenters. The first-order valence-electron chi connectivity index (χ1n) is 7.83. The van der Waals surface area contributed by atoms with Gasteiger partial charge in [-0.3, -0.25) is 0 Å². The molecule has 1 N–H and O–H groups in total. The largest absolute Gasteiger partial charge is 0.465 e. The van der Waals surface area contributed by atoms with E-state index < -0.39 is 0 Å². The second-order valence-corrected chi connectivity index (χ2v) is 5.49. The third kappa shape index (κ3) is 3.82. The fourth-order valence-corrected chi connectivity index (χ4v) is 2.53. The lowest BCUT2D eigenvalue weighted by molar-refractivity contribution is 0.0601. The Bertz CT molecular complexity index is 811. The lowest BCUT2D eigenvalue weighted by Gasteiger charge is -2.09. The molecule has 0 heterocycles. The van der Waals surface area contributed by atoms with Gasteiger partial charge in [-0.05, 0) is 41.0 Å². The molecule has 0 atom stereocenters. The molecular weight excluding hydrogens is 298 g/mol. The number of esters is 1. The van der Waals surface area contributed by atoms with Crippen LogP contribution in [0.3, 0.4) is 0 Å². The SMILES string of the molecule is COC(=O)c1ccc(-c2cccc(NCc3ccccc3)c2)cc1. The Morgan fingerprint density at radius 1 is 0.875 bits per heavy atom. The van der Waals surface area contributed by atoms with Gasteiger partial charge in [-0.25, -0.2) is 4.79 Å². The summed E-state index contributed by atoms with van der Waals surface area (Å²) < 4.78 is 4.73. The molecule has 0 bridgehead atoms. The monoisotopic (exact) mass is 317 g/mol. The van der Waals surface area contributed by atoms with Crippen LogP contribution in [0.4, 0.5) is 5.69 Å². The molecule has 0 fully saturated rings. The Morgan fingerprint density at radius 3 is 2.33 bits per heavy atom. The second-order valence-electron chi connectivity index (χ2n) is 5.49. The standard InChI is InChI=1S/C21H19NO2/c1-24-21(23)18-12-10-17(11-13-18)19-8-5-9-20(14-19)22-15-16-6-3-2-4-7-16/h2-14,22H,15H2,1H3. The first-order valence-corrected chi connectivity index (χ1v) is 7.83. The van der Waals surface area contributed by atoms with Gasteiger partial charge in [0.25, 0.3) is 0 Å². The summed E-state index contributed by atoms with van der Waals surface area (Å²) in [5.41, 5.74) is 5.02. The molecule has 0 aliphatic heterocycles. The summed E-state index contributed by atoms with van der Waals surface area (Å²) >= 11 is 0. The number of ether oxygens (including phenoxy) is 1. The smallest absolute Gasteiger partial charge is 0.337 e. The van der Waals surface area contributed by atoms with Crippen molar-refractivity contribution in [3.05, 3.63) is 90.0 Å². The molecule has 3 nitrogen and oxygen atoms in total. The number of hydrogen-bond acceptors (Lipinski definition) is 3. The molecule has 0 aromatic heterocycles. The van der Waals surface area contributed by atoms with Gasteiger partial charge in [-0.15, -0.1) is 0 Å². The van der Waals surface area contributed by atoms with Gasteiger partial charge in [0.1, 0.15) is 0 Å². The summed E-state index contributed by atoms with van der Waals surface area (Å²) in [6.07, 6.45) is 0. The van der Waals surface area contributed by atoms with Crippen molar-refractivity contribution >= 4 is 11.7 Å². The molecule has 3 rings (SSSR count). The molecule has 0 amide bonds. The van der Waals surface area contributed by atoms with E-state index in [9.17, 15) is 4.79 Å². The Hall–Kier alpha value is -3.07. The number of methoxy groups -OCH3 is 1. The van der Waals surface area contributed by atoms with Gasteiger partial charge >= 0.3 is 5.97 Å². The van der Waals surface area contributed by atoms with E-state index in [0.717, 1.165) is 23.4 Å². The van der Waals surface area contributed by atoms with E-state index in [2.05, 4.69) is 35.6 Å². The van der Waals surface area contributed by atoms with Crippen molar-refractivity contribution < 1.29 is 9.53 Å². The quantitative estimate of drug-likeness (QED) is 0.690. The zero-order chi connectivity index (χ0) is 16.8. The third-order valence-corrected chi connectivity index (χ3v) is 3.84.